The zero-order valence-electron chi connectivity index (χ0n) is 16.3. The minimum absolute atomic E-state index is 0.120. The van der Waals surface area contributed by atoms with Gasteiger partial charge >= 0.3 is 0 Å². The number of hydrogen-bond acceptors (Lipinski definition) is 5. The first-order chi connectivity index (χ1) is 13.8. The minimum atomic E-state index is 0.120. The Balaban J connectivity index is 1.18. The molecule has 4 rings (SSSR count). The first kappa shape index (κ1) is 19.6. The van der Waals surface area contributed by atoms with Gasteiger partial charge < -0.3 is 10.1 Å². The summed E-state index contributed by atoms with van der Waals surface area (Å²) in [6, 6.07) is 15.0. The van der Waals surface area contributed by atoms with Crippen molar-refractivity contribution in [1.82, 2.24) is 15.1 Å². The average Bonchev–Trinajstić information content (AvgIpc) is 3.41. The van der Waals surface area contributed by atoms with E-state index < -0.39 is 0 Å². The van der Waals surface area contributed by atoms with E-state index in [1.807, 2.05) is 11.3 Å². The molecule has 1 atom stereocenters. The van der Waals surface area contributed by atoms with Crippen LogP contribution in [0.15, 0.2) is 42.5 Å². The van der Waals surface area contributed by atoms with Crippen molar-refractivity contribution in [2.75, 3.05) is 45.9 Å². The molecule has 0 spiro atoms. The summed E-state index contributed by atoms with van der Waals surface area (Å²) < 4.78 is 5.56. The number of ether oxygens (including phenoxy) is 1. The topological polar surface area (TPSA) is 44.8 Å². The Labute approximate surface area is 171 Å². The monoisotopic (exact) mass is 399 g/mol. The quantitative estimate of drug-likeness (QED) is 0.778. The van der Waals surface area contributed by atoms with Gasteiger partial charge in [0.2, 0.25) is 5.91 Å². The SMILES string of the molecule is O=C(CN1CCN(Cc2ccc(-c3ccccc3)s2)CC1)NCC1CCCO1. The zero-order chi connectivity index (χ0) is 19.2. The molecule has 0 saturated carbocycles. The summed E-state index contributed by atoms with van der Waals surface area (Å²) >= 11 is 1.88. The third-order valence-corrected chi connectivity index (χ3v) is 6.60. The van der Waals surface area contributed by atoms with E-state index >= 15 is 0 Å². The summed E-state index contributed by atoms with van der Waals surface area (Å²) in [6.07, 6.45) is 2.39. The van der Waals surface area contributed by atoms with E-state index in [-0.39, 0.29) is 12.0 Å². The van der Waals surface area contributed by atoms with Gasteiger partial charge in [0.1, 0.15) is 0 Å². The van der Waals surface area contributed by atoms with Crippen LogP contribution in [0, 0.1) is 0 Å². The smallest absolute Gasteiger partial charge is 0.234 e. The van der Waals surface area contributed by atoms with Crippen LogP contribution in [0.4, 0.5) is 0 Å². The van der Waals surface area contributed by atoms with E-state index in [0.29, 0.717) is 13.1 Å². The van der Waals surface area contributed by atoms with Gasteiger partial charge in [-0.25, -0.2) is 0 Å². The second-order valence-electron chi connectivity index (χ2n) is 7.62. The minimum Gasteiger partial charge on any atom is -0.376 e. The van der Waals surface area contributed by atoms with Crippen LogP contribution in [0.1, 0.15) is 17.7 Å². The van der Waals surface area contributed by atoms with E-state index in [1.165, 1.54) is 15.3 Å². The number of rotatable bonds is 7. The number of thiophene rings is 1. The number of nitrogens with one attached hydrogen (secondary N) is 1. The Kier molecular flexibility index (Phi) is 6.75. The lowest BCUT2D eigenvalue weighted by Crippen LogP contribution is -2.49. The predicted octanol–water partition coefficient (Wildman–Crippen LogP) is 2.83. The van der Waals surface area contributed by atoms with Crippen molar-refractivity contribution in [3.63, 3.8) is 0 Å². The Hall–Kier alpha value is -1.73. The molecule has 5 nitrogen and oxygen atoms in total. The lowest BCUT2D eigenvalue weighted by atomic mass is 10.2. The number of nitrogens with zero attached hydrogens (tertiary/aromatic N) is 2. The molecule has 28 heavy (non-hydrogen) atoms. The number of benzene rings is 1. The van der Waals surface area contributed by atoms with E-state index in [1.54, 1.807) is 0 Å². The third kappa shape index (κ3) is 5.41. The summed E-state index contributed by atoms with van der Waals surface area (Å²) in [4.78, 5) is 19.6. The fourth-order valence-corrected chi connectivity index (χ4v) is 4.89. The van der Waals surface area contributed by atoms with Crippen molar-refractivity contribution >= 4 is 17.2 Å². The van der Waals surface area contributed by atoms with Crippen molar-refractivity contribution in [2.24, 2.45) is 0 Å². The van der Waals surface area contributed by atoms with E-state index in [2.05, 4.69) is 57.6 Å². The molecule has 1 aromatic heterocycles. The molecule has 2 aliphatic heterocycles. The molecular weight excluding hydrogens is 370 g/mol. The van der Waals surface area contributed by atoms with Crippen molar-refractivity contribution in [1.29, 1.82) is 0 Å². The molecule has 6 heteroatoms. The number of piperazine rings is 1. The summed E-state index contributed by atoms with van der Waals surface area (Å²) in [5.41, 5.74) is 1.29. The summed E-state index contributed by atoms with van der Waals surface area (Å²) in [5, 5.41) is 3.02. The second-order valence-corrected chi connectivity index (χ2v) is 8.79. The van der Waals surface area contributed by atoms with Gasteiger partial charge in [0.25, 0.3) is 0 Å². The lowest BCUT2D eigenvalue weighted by molar-refractivity contribution is -0.123. The highest BCUT2D eigenvalue weighted by molar-refractivity contribution is 7.15. The normalized spacial score (nSPS) is 21.1. The molecule has 2 fully saturated rings. The zero-order valence-corrected chi connectivity index (χ0v) is 17.1. The summed E-state index contributed by atoms with van der Waals surface area (Å²) in [7, 11) is 0. The van der Waals surface area contributed by atoms with Crippen molar-refractivity contribution in [2.45, 2.75) is 25.5 Å². The number of carbonyl (C=O) groups is 1. The molecule has 2 aromatic rings. The van der Waals surface area contributed by atoms with E-state index in [9.17, 15) is 4.79 Å². The van der Waals surface area contributed by atoms with E-state index in [0.717, 1.165) is 52.2 Å². The maximum atomic E-state index is 12.2. The predicted molar refractivity (Wildman–Crippen MR) is 113 cm³/mol. The van der Waals surface area contributed by atoms with Crippen LogP contribution < -0.4 is 5.32 Å². The van der Waals surface area contributed by atoms with Crippen molar-refractivity contribution in [3.05, 3.63) is 47.3 Å². The maximum absolute atomic E-state index is 12.2. The molecular formula is C22H29N3O2S. The standard InChI is InChI=1S/C22H29N3O2S/c26-22(23-15-19-7-4-14-27-19)17-25-12-10-24(11-13-25)16-20-8-9-21(28-20)18-5-2-1-3-6-18/h1-3,5-6,8-9,19H,4,7,10-17H2,(H,23,26). The Bertz CT molecular complexity index is 750. The molecule has 1 unspecified atom stereocenters. The van der Waals surface area contributed by atoms with Gasteiger partial charge in [-0.1, -0.05) is 30.3 Å². The first-order valence-electron chi connectivity index (χ1n) is 10.2. The summed E-state index contributed by atoms with van der Waals surface area (Å²) in [5.74, 6) is 0.120. The van der Waals surface area contributed by atoms with Crippen LogP contribution in [-0.2, 0) is 16.1 Å². The van der Waals surface area contributed by atoms with Gasteiger partial charge in [-0.15, -0.1) is 11.3 Å². The van der Waals surface area contributed by atoms with Crippen LogP contribution in [0.2, 0.25) is 0 Å². The van der Waals surface area contributed by atoms with Gasteiger partial charge in [-0.3, -0.25) is 14.6 Å². The largest absolute Gasteiger partial charge is 0.376 e. The highest BCUT2D eigenvalue weighted by Crippen LogP contribution is 2.28. The van der Waals surface area contributed by atoms with Crippen LogP contribution in [-0.4, -0.2) is 67.7 Å². The molecule has 1 aromatic carbocycles. The van der Waals surface area contributed by atoms with Gasteiger partial charge in [-0.05, 0) is 30.5 Å². The van der Waals surface area contributed by atoms with E-state index in [4.69, 9.17) is 4.74 Å². The number of hydrogen-bond donors (Lipinski definition) is 1. The fraction of sp³-hybridized carbons (Fsp3) is 0.500. The lowest BCUT2D eigenvalue weighted by Gasteiger charge is -2.34. The molecule has 0 radical (unpaired) electrons. The van der Waals surface area contributed by atoms with Crippen LogP contribution in [0.3, 0.4) is 0 Å². The molecule has 2 saturated heterocycles. The highest BCUT2D eigenvalue weighted by atomic mass is 32.1. The molecule has 1 N–H and O–H groups in total. The molecule has 1 amide bonds. The van der Waals surface area contributed by atoms with Crippen LogP contribution in [0.25, 0.3) is 10.4 Å². The van der Waals surface area contributed by atoms with Crippen molar-refractivity contribution in [3.8, 4) is 10.4 Å². The molecule has 0 bridgehead atoms. The number of amides is 1. The van der Waals surface area contributed by atoms with Gasteiger partial charge in [0, 0.05) is 55.6 Å². The second kappa shape index (κ2) is 9.65. The first-order valence-corrected chi connectivity index (χ1v) is 11.0. The van der Waals surface area contributed by atoms with Crippen LogP contribution in [0.5, 0.6) is 0 Å². The van der Waals surface area contributed by atoms with Crippen LogP contribution >= 0.6 is 11.3 Å². The highest BCUT2D eigenvalue weighted by Gasteiger charge is 2.21. The Morgan fingerprint density at radius 3 is 2.61 bits per heavy atom. The molecule has 150 valence electrons. The Morgan fingerprint density at radius 2 is 1.86 bits per heavy atom. The Morgan fingerprint density at radius 1 is 1.07 bits per heavy atom. The molecule has 3 heterocycles. The third-order valence-electron chi connectivity index (χ3n) is 5.48. The molecule has 2 aliphatic rings. The fourth-order valence-electron chi connectivity index (χ4n) is 3.84. The molecule has 0 aliphatic carbocycles. The number of carbonyl (C=O) groups excluding carboxylic acids is 1. The summed E-state index contributed by atoms with van der Waals surface area (Å²) in [6.45, 7) is 6.90. The van der Waals surface area contributed by atoms with Gasteiger partial charge in [0.05, 0.1) is 12.6 Å². The average molecular weight is 400 g/mol. The maximum Gasteiger partial charge on any atom is 0.234 e. The van der Waals surface area contributed by atoms with Gasteiger partial charge in [-0.2, -0.15) is 0 Å². The van der Waals surface area contributed by atoms with Gasteiger partial charge in [0.15, 0.2) is 0 Å². The van der Waals surface area contributed by atoms with Crippen molar-refractivity contribution < 1.29 is 9.53 Å².